The lowest BCUT2D eigenvalue weighted by Gasteiger charge is -2.18. The van der Waals surface area contributed by atoms with Crippen LogP contribution in [0.2, 0.25) is 0 Å². The molecule has 0 spiro atoms. The van der Waals surface area contributed by atoms with Crippen molar-refractivity contribution in [2.45, 2.75) is 33.7 Å². The number of aryl methyl sites for hydroxylation is 2. The van der Waals surface area contributed by atoms with Gasteiger partial charge in [-0.3, -0.25) is 0 Å². The van der Waals surface area contributed by atoms with Crippen LogP contribution in [0.3, 0.4) is 0 Å². The predicted molar refractivity (Wildman–Crippen MR) is 84.7 cm³/mol. The van der Waals surface area contributed by atoms with Crippen LogP contribution in [0.5, 0.6) is 5.75 Å². The molecule has 0 aliphatic heterocycles. The maximum atomic E-state index is 5.61. The summed E-state index contributed by atoms with van der Waals surface area (Å²) < 4.78 is 5.61. The molecule has 2 rings (SSSR count). The van der Waals surface area contributed by atoms with Crippen molar-refractivity contribution in [3.63, 3.8) is 0 Å². The van der Waals surface area contributed by atoms with E-state index in [-0.39, 0.29) is 6.04 Å². The van der Waals surface area contributed by atoms with Gasteiger partial charge in [-0.05, 0) is 45.0 Å². The molecule has 2 aromatic rings. The molecular formula is C16H22N2OS. The van der Waals surface area contributed by atoms with Gasteiger partial charge in [-0.2, -0.15) is 0 Å². The molecule has 20 heavy (non-hydrogen) atoms. The molecule has 4 heteroatoms. The van der Waals surface area contributed by atoms with Crippen LogP contribution in [0.1, 0.15) is 41.0 Å². The molecule has 1 aromatic heterocycles. The zero-order valence-electron chi connectivity index (χ0n) is 12.6. The largest absolute Gasteiger partial charge is 0.494 e. The van der Waals surface area contributed by atoms with Gasteiger partial charge in [-0.15, -0.1) is 11.3 Å². The monoisotopic (exact) mass is 290 g/mol. The highest BCUT2D eigenvalue weighted by Crippen LogP contribution is 2.31. The molecule has 0 aliphatic rings. The fourth-order valence-electron chi connectivity index (χ4n) is 2.33. The zero-order chi connectivity index (χ0) is 14.5. The van der Waals surface area contributed by atoms with Gasteiger partial charge in [-0.25, -0.2) is 4.98 Å². The van der Waals surface area contributed by atoms with E-state index in [4.69, 9.17) is 4.74 Å². The van der Waals surface area contributed by atoms with Crippen LogP contribution < -0.4 is 10.1 Å². The first-order chi connectivity index (χ1) is 9.65. The third-order valence-electron chi connectivity index (χ3n) is 3.11. The van der Waals surface area contributed by atoms with Crippen molar-refractivity contribution >= 4 is 11.3 Å². The summed E-state index contributed by atoms with van der Waals surface area (Å²) in [5.74, 6) is 0.923. The topological polar surface area (TPSA) is 34.1 Å². The maximum Gasteiger partial charge on any atom is 0.119 e. The van der Waals surface area contributed by atoms with Gasteiger partial charge >= 0.3 is 0 Å². The molecule has 1 atom stereocenters. The Morgan fingerprint density at radius 3 is 2.70 bits per heavy atom. The molecule has 0 saturated carbocycles. The molecule has 1 N–H and O–H groups in total. The Labute approximate surface area is 125 Å². The lowest BCUT2D eigenvalue weighted by Crippen LogP contribution is -2.21. The smallest absolute Gasteiger partial charge is 0.119 e. The fourth-order valence-corrected chi connectivity index (χ4v) is 3.36. The number of nitrogens with zero attached hydrogens (tertiary/aromatic N) is 1. The summed E-state index contributed by atoms with van der Waals surface area (Å²) in [7, 11) is 0. The van der Waals surface area contributed by atoms with Crippen molar-refractivity contribution in [1.29, 1.82) is 0 Å². The first-order valence-electron chi connectivity index (χ1n) is 7.05. The summed E-state index contributed by atoms with van der Waals surface area (Å²) in [6, 6.07) is 8.50. The normalized spacial score (nSPS) is 12.4. The van der Waals surface area contributed by atoms with Crippen LogP contribution in [0, 0.1) is 13.8 Å². The van der Waals surface area contributed by atoms with Gasteiger partial charge in [0.2, 0.25) is 0 Å². The van der Waals surface area contributed by atoms with E-state index in [0.29, 0.717) is 6.61 Å². The van der Waals surface area contributed by atoms with E-state index >= 15 is 0 Å². The number of hydrogen-bond acceptors (Lipinski definition) is 4. The zero-order valence-corrected chi connectivity index (χ0v) is 13.4. The highest BCUT2D eigenvalue weighted by molar-refractivity contribution is 7.11. The molecular weight excluding hydrogens is 268 g/mol. The van der Waals surface area contributed by atoms with E-state index in [0.717, 1.165) is 23.0 Å². The second kappa shape index (κ2) is 6.86. The second-order valence-corrected chi connectivity index (χ2v) is 5.91. The van der Waals surface area contributed by atoms with Gasteiger partial charge in [0.15, 0.2) is 0 Å². The Morgan fingerprint density at radius 2 is 2.10 bits per heavy atom. The van der Waals surface area contributed by atoms with Gasteiger partial charge in [0, 0.05) is 4.88 Å². The van der Waals surface area contributed by atoms with Crippen molar-refractivity contribution in [2.75, 3.05) is 13.2 Å². The van der Waals surface area contributed by atoms with Crippen LogP contribution >= 0.6 is 11.3 Å². The van der Waals surface area contributed by atoms with Gasteiger partial charge in [0.05, 0.1) is 23.4 Å². The number of thiazole rings is 1. The van der Waals surface area contributed by atoms with Crippen molar-refractivity contribution in [1.82, 2.24) is 10.3 Å². The van der Waals surface area contributed by atoms with Crippen molar-refractivity contribution in [3.05, 3.63) is 45.4 Å². The Hall–Kier alpha value is -1.39. The van der Waals surface area contributed by atoms with Crippen LogP contribution in [0.25, 0.3) is 0 Å². The molecule has 1 unspecified atom stereocenters. The minimum atomic E-state index is 0.187. The van der Waals surface area contributed by atoms with Crippen molar-refractivity contribution in [3.8, 4) is 5.75 Å². The highest BCUT2D eigenvalue weighted by Gasteiger charge is 2.19. The van der Waals surface area contributed by atoms with Crippen molar-refractivity contribution < 1.29 is 4.74 Å². The summed E-state index contributed by atoms with van der Waals surface area (Å²) in [6.45, 7) is 9.87. The molecule has 0 radical (unpaired) electrons. The minimum Gasteiger partial charge on any atom is -0.494 e. The number of benzene rings is 1. The average Bonchev–Trinajstić information content (AvgIpc) is 2.75. The average molecular weight is 290 g/mol. The Kier molecular flexibility index (Phi) is 5.15. The standard InChI is InChI=1S/C16H22N2OS/c1-5-17-15(16-11(3)18-12(4)20-16)13-8-7-9-14(10-13)19-6-2/h7-10,15,17H,5-6H2,1-4H3. The minimum absolute atomic E-state index is 0.187. The van der Waals surface area contributed by atoms with Gasteiger partial charge < -0.3 is 10.1 Å². The number of rotatable bonds is 6. The van der Waals surface area contributed by atoms with Crippen LogP contribution in [-0.4, -0.2) is 18.1 Å². The summed E-state index contributed by atoms with van der Waals surface area (Å²) in [5, 5.41) is 4.67. The van der Waals surface area contributed by atoms with E-state index in [2.05, 4.69) is 43.2 Å². The van der Waals surface area contributed by atoms with Gasteiger partial charge in [0.1, 0.15) is 5.75 Å². The maximum absolute atomic E-state index is 5.61. The predicted octanol–water partition coefficient (Wildman–Crippen LogP) is 3.86. The Balaban J connectivity index is 2.37. The summed E-state index contributed by atoms with van der Waals surface area (Å²) in [4.78, 5) is 5.84. The van der Waals surface area contributed by atoms with Crippen LogP contribution in [-0.2, 0) is 0 Å². The van der Waals surface area contributed by atoms with Crippen LogP contribution in [0.4, 0.5) is 0 Å². The second-order valence-electron chi connectivity index (χ2n) is 4.68. The number of hydrogen-bond donors (Lipinski definition) is 1. The molecule has 1 heterocycles. The van der Waals surface area contributed by atoms with Crippen molar-refractivity contribution in [2.24, 2.45) is 0 Å². The van der Waals surface area contributed by atoms with E-state index in [1.165, 1.54) is 10.4 Å². The van der Waals surface area contributed by atoms with E-state index in [9.17, 15) is 0 Å². The van der Waals surface area contributed by atoms with Crippen LogP contribution in [0.15, 0.2) is 24.3 Å². The highest BCUT2D eigenvalue weighted by atomic mass is 32.1. The lowest BCUT2D eigenvalue weighted by atomic mass is 10.0. The molecule has 3 nitrogen and oxygen atoms in total. The molecule has 108 valence electrons. The van der Waals surface area contributed by atoms with Gasteiger partial charge in [-0.1, -0.05) is 19.1 Å². The Bertz CT molecular complexity index is 565. The third-order valence-corrected chi connectivity index (χ3v) is 4.25. The fraction of sp³-hybridized carbons (Fsp3) is 0.438. The molecule has 0 amide bonds. The number of nitrogens with one attached hydrogen (secondary N) is 1. The Morgan fingerprint density at radius 1 is 1.30 bits per heavy atom. The van der Waals surface area contributed by atoms with E-state index in [1.807, 2.05) is 19.1 Å². The summed E-state index contributed by atoms with van der Waals surface area (Å²) in [5.41, 5.74) is 2.34. The summed E-state index contributed by atoms with van der Waals surface area (Å²) in [6.07, 6.45) is 0. The third kappa shape index (κ3) is 3.38. The number of aromatic nitrogens is 1. The molecule has 0 aliphatic carbocycles. The molecule has 0 bridgehead atoms. The molecule has 0 saturated heterocycles. The van der Waals surface area contributed by atoms with E-state index < -0.39 is 0 Å². The van der Waals surface area contributed by atoms with E-state index in [1.54, 1.807) is 11.3 Å². The molecule has 0 fully saturated rings. The summed E-state index contributed by atoms with van der Waals surface area (Å²) >= 11 is 1.76. The lowest BCUT2D eigenvalue weighted by molar-refractivity contribution is 0.339. The SMILES string of the molecule is CCNC(c1cccc(OCC)c1)c1sc(C)nc1C. The number of ether oxygens (including phenoxy) is 1. The first-order valence-corrected chi connectivity index (χ1v) is 7.87. The van der Waals surface area contributed by atoms with Gasteiger partial charge in [0.25, 0.3) is 0 Å². The first kappa shape index (κ1) is 15.0. The molecule has 1 aromatic carbocycles. The quantitative estimate of drug-likeness (QED) is 0.877.